The second kappa shape index (κ2) is 5.36. The number of rotatable bonds is 3. The zero-order valence-corrected chi connectivity index (χ0v) is 10.7. The summed E-state index contributed by atoms with van der Waals surface area (Å²) in [5.41, 5.74) is 6.95. The molecule has 2 aromatic heterocycles. The van der Waals surface area contributed by atoms with Gasteiger partial charge in [0.15, 0.2) is 5.82 Å². The summed E-state index contributed by atoms with van der Waals surface area (Å²) in [6.07, 6.45) is 9.44. The molecule has 0 radical (unpaired) electrons. The van der Waals surface area contributed by atoms with Crippen molar-refractivity contribution in [1.29, 1.82) is 0 Å². The van der Waals surface area contributed by atoms with E-state index in [0.717, 1.165) is 37.2 Å². The highest BCUT2D eigenvalue weighted by atomic mass is 15.3. The van der Waals surface area contributed by atoms with Gasteiger partial charge < -0.3 is 11.1 Å². The van der Waals surface area contributed by atoms with Crippen LogP contribution in [0.1, 0.15) is 25.7 Å². The van der Waals surface area contributed by atoms with Gasteiger partial charge in [0.2, 0.25) is 0 Å². The first kappa shape index (κ1) is 12.1. The number of nitrogens with one attached hydrogen (secondary N) is 1. The number of nitrogens with two attached hydrogens (primary N) is 1. The van der Waals surface area contributed by atoms with Crippen molar-refractivity contribution in [3.63, 3.8) is 0 Å². The number of hydrogen-bond acceptors (Lipinski definition) is 5. The van der Waals surface area contributed by atoms with Gasteiger partial charge in [-0.2, -0.15) is 5.10 Å². The monoisotopic (exact) mass is 258 g/mol. The van der Waals surface area contributed by atoms with Crippen molar-refractivity contribution in [2.24, 2.45) is 5.73 Å². The van der Waals surface area contributed by atoms with Crippen LogP contribution in [-0.4, -0.2) is 31.8 Å². The van der Waals surface area contributed by atoms with Crippen LogP contribution in [0.2, 0.25) is 0 Å². The summed E-state index contributed by atoms with van der Waals surface area (Å²) in [5.74, 6) is 0.772. The van der Waals surface area contributed by atoms with E-state index in [1.165, 1.54) is 6.33 Å². The molecular formula is C13H18N6. The van der Waals surface area contributed by atoms with E-state index in [2.05, 4.69) is 20.4 Å². The third kappa shape index (κ3) is 2.90. The van der Waals surface area contributed by atoms with Crippen molar-refractivity contribution in [2.75, 3.05) is 5.32 Å². The second-order valence-electron chi connectivity index (χ2n) is 5.00. The van der Waals surface area contributed by atoms with Crippen LogP contribution in [0.5, 0.6) is 0 Å². The fourth-order valence-corrected chi connectivity index (χ4v) is 2.43. The van der Waals surface area contributed by atoms with Gasteiger partial charge in [-0.25, -0.2) is 14.6 Å². The van der Waals surface area contributed by atoms with E-state index in [0.29, 0.717) is 12.1 Å². The highest BCUT2D eigenvalue weighted by molar-refractivity contribution is 5.44. The molecule has 6 heteroatoms. The SMILES string of the molecule is NC1CCC(Nc2ccc(-n3cncn3)nc2)CC1. The van der Waals surface area contributed by atoms with E-state index in [1.54, 1.807) is 11.0 Å². The first-order valence-corrected chi connectivity index (χ1v) is 6.64. The Balaban J connectivity index is 1.63. The average molecular weight is 258 g/mol. The third-order valence-corrected chi connectivity index (χ3v) is 3.54. The summed E-state index contributed by atoms with van der Waals surface area (Å²) in [6.45, 7) is 0. The van der Waals surface area contributed by atoms with Gasteiger partial charge in [-0.3, -0.25) is 0 Å². The smallest absolute Gasteiger partial charge is 0.155 e. The van der Waals surface area contributed by atoms with Crippen LogP contribution in [0.3, 0.4) is 0 Å². The fourth-order valence-electron chi connectivity index (χ4n) is 2.43. The summed E-state index contributed by atoms with van der Waals surface area (Å²) in [6, 6.07) is 4.86. The van der Waals surface area contributed by atoms with Gasteiger partial charge in [-0.05, 0) is 37.8 Å². The fraction of sp³-hybridized carbons (Fsp3) is 0.462. The maximum Gasteiger partial charge on any atom is 0.155 e. The Kier molecular flexibility index (Phi) is 3.41. The topological polar surface area (TPSA) is 81.6 Å². The minimum absolute atomic E-state index is 0.380. The lowest BCUT2D eigenvalue weighted by Gasteiger charge is -2.27. The zero-order chi connectivity index (χ0) is 13.1. The van der Waals surface area contributed by atoms with Gasteiger partial charge >= 0.3 is 0 Å². The zero-order valence-electron chi connectivity index (χ0n) is 10.7. The Hall–Kier alpha value is -1.95. The third-order valence-electron chi connectivity index (χ3n) is 3.54. The largest absolute Gasteiger partial charge is 0.381 e. The van der Waals surface area contributed by atoms with Crippen molar-refractivity contribution in [3.8, 4) is 5.82 Å². The number of anilines is 1. The molecule has 0 saturated heterocycles. The van der Waals surface area contributed by atoms with Crippen LogP contribution in [0, 0.1) is 0 Å². The minimum Gasteiger partial charge on any atom is -0.381 e. The maximum atomic E-state index is 5.91. The number of hydrogen-bond donors (Lipinski definition) is 2. The predicted molar refractivity (Wildman–Crippen MR) is 73.0 cm³/mol. The quantitative estimate of drug-likeness (QED) is 0.868. The molecule has 1 aliphatic carbocycles. The normalized spacial score (nSPS) is 23.2. The Morgan fingerprint density at radius 1 is 1.21 bits per heavy atom. The van der Waals surface area contributed by atoms with Crippen LogP contribution in [-0.2, 0) is 0 Å². The van der Waals surface area contributed by atoms with E-state index >= 15 is 0 Å². The summed E-state index contributed by atoms with van der Waals surface area (Å²) in [4.78, 5) is 8.28. The number of nitrogens with zero attached hydrogens (tertiary/aromatic N) is 4. The number of pyridine rings is 1. The van der Waals surface area contributed by atoms with E-state index in [4.69, 9.17) is 5.73 Å². The molecule has 1 saturated carbocycles. The molecule has 6 nitrogen and oxygen atoms in total. The minimum atomic E-state index is 0.380. The van der Waals surface area contributed by atoms with Crippen molar-refractivity contribution in [2.45, 2.75) is 37.8 Å². The van der Waals surface area contributed by atoms with Gasteiger partial charge in [-0.1, -0.05) is 0 Å². The highest BCUT2D eigenvalue weighted by Gasteiger charge is 2.18. The Morgan fingerprint density at radius 3 is 2.68 bits per heavy atom. The molecule has 0 aliphatic heterocycles. The first-order valence-electron chi connectivity index (χ1n) is 6.64. The van der Waals surface area contributed by atoms with Crippen LogP contribution in [0.15, 0.2) is 31.0 Å². The van der Waals surface area contributed by atoms with Crippen molar-refractivity contribution < 1.29 is 0 Å². The van der Waals surface area contributed by atoms with Crippen LogP contribution < -0.4 is 11.1 Å². The molecule has 0 atom stereocenters. The Labute approximate surface area is 112 Å². The van der Waals surface area contributed by atoms with Crippen LogP contribution in [0.25, 0.3) is 5.82 Å². The molecule has 1 fully saturated rings. The number of aromatic nitrogens is 4. The summed E-state index contributed by atoms with van der Waals surface area (Å²) >= 11 is 0. The lowest BCUT2D eigenvalue weighted by molar-refractivity contribution is 0.411. The van der Waals surface area contributed by atoms with Crippen molar-refractivity contribution in [1.82, 2.24) is 19.7 Å². The molecular weight excluding hydrogens is 240 g/mol. The van der Waals surface area contributed by atoms with E-state index in [1.807, 2.05) is 18.3 Å². The molecule has 0 unspecified atom stereocenters. The van der Waals surface area contributed by atoms with E-state index in [9.17, 15) is 0 Å². The molecule has 0 bridgehead atoms. The Morgan fingerprint density at radius 2 is 2.05 bits per heavy atom. The molecule has 2 heterocycles. The van der Waals surface area contributed by atoms with Crippen LogP contribution in [0.4, 0.5) is 5.69 Å². The van der Waals surface area contributed by atoms with Crippen LogP contribution >= 0.6 is 0 Å². The standard InChI is InChI=1S/C13H18N6/c14-10-1-3-11(4-2-10)18-12-5-6-13(16-7-12)19-9-15-8-17-19/h5-11,18H,1-4,14H2. The van der Waals surface area contributed by atoms with Gasteiger partial charge in [0.25, 0.3) is 0 Å². The molecule has 3 rings (SSSR count). The van der Waals surface area contributed by atoms with E-state index < -0.39 is 0 Å². The molecule has 2 aromatic rings. The summed E-state index contributed by atoms with van der Waals surface area (Å²) in [5, 5.41) is 7.56. The lowest BCUT2D eigenvalue weighted by Crippen LogP contribution is -2.32. The van der Waals surface area contributed by atoms with Gasteiger partial charge in [0, 0.05) is 12.1 Å². The Bertz CT molecular complexity index is 498. The second-order valence-corrected chi connectivity index (χ2v) is 5.00. The first-order chi connectivity index (χ1) is 9.31. The molecule has 0 amide bonds. The van der Waals surface area contributed by atoms with Gasteiger partial charge in [0.05, 0.1) is 11.9 Å². The maximum absolute atomic E-state index is 5.91. The molecule has 100 valence electrons. The summed E-state index contributed by atoms with van der Waals surface area (Å²) < 4.78 is 1.64. The van der Waals surface area contributed by atoms with E-state index in [-0.39, 0.29) is 0 Å². The lowest BCUT2D eigenvalue weighted by atomic mass is 9.92. The van der Waals surface area contributed by atoms with Gasteiger partial charge in [0.1, 0.15) is 12.7 Å². The molecule has 3 N–H and O–H groups in total. The molecule has 0 aromatic carbocycles. The predicted octanol–water partition coefficient (Wildman–Crippen LogP) is 1.34. The van der Waals surface area contributed by atoms with Crippen molar-refractivity contribution >= 4 is 5.69 Å². The summed E-state index contributed by atoms with van der Waals surface area (Å²) in [7, 11) is 0. The molecule has 19 heavy (non-hydrogen) atoms. The molecule has 0 spiro atoms. The average Bonchev–Trinajstić information content (AvgIpc) is 2.96. The highest BCUT2D eigenvalue weighted by Crippen LogP contribution is 2.21. The molecule has 1 aliphatic rings. The van der Waals surface area contributed by atoms with Gasteiger partial charge in [-0.15, -0.1) is 0 Å². The van der Waals surface area contributed by atoms with Crippen molar-refractivity contribution in [3.05, 3.63) is 31.0 Å².